The number of esters is 1. The summed E-state index contributed by atoms with van der Waals surface area (Å²) in [6, 6.07) is 0.818. The molecule has 0 aliphatic heterocycles. The van der Waals surface area contributed by atoms with E-state index in [-0.39, 0.29) is 0 Å². The van der Waals surface area contributed by atoms with Crippen molar-refractivity contribution < 1.29 is 22.7 Å². The summed E-state index contributed by atoms with van der Waals surface area (Å²) in [5.41, 5.74) is -1.72. The molecule has 0 saturated heterocycles. The first-order chi connectivity index (χ1) is 6.57. The minimum atomic E-state index is -3.01. The van der Waals surface area contributed by atoms with E-state index < -0.39 is 29.5 Å². The molecule has 0 aromatic carbocycles. The molecule has 0 N–H and O–H groups in total. The third-order valence-corrected chi connectivity index (χ3v) is 1.53. The Morgan fingerprint density at radius 1 is 1.57 bits per heavy atom. The molecule has 76 valence electrons. The molecule has 14 heavy (non-hydrogen) atoms. The Morgan fingerprint density at radius 2 is 2.21 bits per heavy atom. The number of nitrogens with zero attached hydrogens (tertiary/aromatic N) is 1. The molecule has 0 aliphatic rings. The molecule has 6 heteroatoms. The molecule has 0 saturated carbocycles. The van der Waals surface area contributed by atoms with Gasteiger partial charge in [-0.1, -0.05) is 0 Å². The normalized spacial score (nSPS) is 10.4. The number of alkyl halides is 2. The monoisotopic (exact) mass is 205 g/mol. The van der Waals surface area contributed by atoms with Crippen molar-refractivity contribution in [2.45, 2.75) is 6.43 Å². The van der Waals surface area contributed by atoms with E-state index in [1.54, 1.807) is 0 Å². The van der Waals surface area contributed by atoms with Gasteiger partial charge in [-0.15, -0.1) is 0 Å². The van der Waals surface area contributed by atoms with Crippen LogP contribution < -0.4 is 0 Å². The van der Waals surface area contributed by atoms with Gasteiger partial charge in [0.2, 0.25) is 0 Å². The van der Waals surface area contributed by atoms with Gasteiger partial charge in [-0.05, 0) is 6.07 Å². The zero-order valence-electron chi connectivity index (χ0n) is 7.13. The Kier molecular flexibility index (Phi) is 3.06. The number of carbonyl (C=O) groups is 1. The zero-order valence-corrected chi connectivity index (χ0v) is 7.13. The van der Waals surface area contributed by atoms with Crippen molar-refractivity contribution in [1.29, 1.82) is 0 Å². The highest BCUT2D eigenvalue weighted by Crippen LogP contribution is 2.22. The van der Waals surface area contributed by atoms with E-state index in [9.17, 15) is 18.0 Å². The van der Waals surface area contributed by atoms with Crippen LogP contribution in [0.2, 0.25) is 0 Å². The van der Waals surface area contributed by atoms with Crippen LogP contribution in [0.15, 0.2) is 12.3 Å². The Hall–Kier alpha value is -1.59. The van der Waals surface area contributed by atoms with Crippen LogP contribution in [0.4, 0.5) is 13.2 Å². The lowest BCUT2D eigenvalue weighted by Gasteiger charge is -2.05. The molecule has 0 fully saturated rings. The standard InChI is InChI=1S/C8H6F3NO2/c1-14-8(13)5-4(9)2-3-12-6(5)7(10)11/h2-3,7H,1H3. The fourth-order valence-electron chi connectivity index (χ4n) is 0.923. The number of halogens is 3. The largest absolute Gasteiger partial charge is 0.465 e. The van der Waals surface area contributed by atoms with Gasteiger partial charge in [0.1, 0.15) is 17.1 Å². The van der Waals surface area contributed by atoms with Gasteiger partial charge in [0.15, 0.2) is 0 Å². The van der Waals surface area contributed by atoms with Crippen molar-refractivity contribution in [2.24, 2.45) is 0 Å². The lowest BCUT2D eigenvalue weighted by molar-refractivity contribution is 0.0581. The summed E-state index contributed by atoms with van der Waals surface area (Å²) in [6.07, 6.45) is -2.15. The fourth-order valence-corrected chi connectivity index (χ4v) is 0.923. The number of hydrogen-bond donors (Lipinski definition) is 0. The first-order valence-electron chi connectivity index (χ1n) is 3.58. The summed E-state index contributed by atoms with van der Waals surface area (Å²) in [5.74, 6) is -2.23. The van der Waals surface area contributed by atoms with Gasteiger partial charge in [-0.3, -0.25) is 4.98 Å². The summed E-state index contributed by atoms with van der Waals surface area (Å²) in [7, 11) is 0.976. The second-order valence-electron chi connectivity index (χ2n) is 2.35. The van der Waals surface area contributed by atoms with Gasteiger partial charge in [-0.25, -0.2) is 18.0 Å². The first kappa shape index (κ1) is 10.5. The van der Waals surface area contributed by atoms with Gasteiger partial charge >= 0.3 is 5.97 Å². The van der Waals surface area contributed by atoms with Crippen LogP contribution in [0.1, 0.15) is 22.5 Å². The molecular weight excluding hydrogens is 199 g/mol. The van der Waals surface area contributed by atoms with E-state index in [0.29, 0.717) is 0 Å². The van der Waals surface area contributed by atoms with E-state index in [1.807, 2.05) is 0 Å². The Balaban J connectivity index is 3.29. The van der Waals surface area contributed by atoms with Crippen molar-refractivity contribution in [3.05, 3.63) is 29.3 Å². The predicted molar refractivity (Wildman–Crippen MR) is 40.5 cm³/mol. The van der Waals surface area contributed by atoms with E-state index in [2.05, 4.69) is 9.72 Å². The summed E-state index contributed by atoms with van der Waals surface area (Å²) in [5, 5.41) is 0. The molecule has 3 nitrogen and oxygen atoms in total. The number of methoxy groups -OCH3 is 1. The van der Waals surface area contributed by atoms with Crippen molar-refractivity contribution in [3.8, 4) is 0 Å². The summed E-state index contributed by atoms with van der Waals surface area (Å²) >= 11 is 0. The van der Waals surface area contributed by atoms with Crippen LogP contribution in [-0.4, -0.2) is 18.1 Å². The summed E-state index contributed by atoms with van der Waals surface area (Å²) in [6.45, 7) is 0. The summed E-state index contributed by atoms with van der Waals surface area (Å²) < 4.78 is 41.7. The molecule has 0 amide bonds. The average molecular weight is 205 g/mol. The number of hydrogen-bond acceptors (Lipinski definition) is 3. The molecule has 1 rings (SSSR count). The highest BCUT2D eigenvalue weighted by atomic mass is 19.3. The summed E-state index contributed by atoms with van der Waals surface area (Å²) in [4.78, 5) is 14.1. The van der Waals surface area contributed by atoms with E-state index in [1.165, 1.54) is 0 Å². The maximum Gasteiger partial charge on any atom is 0.342 e. The first-order valence-corrected chi connectivity index (χ1v) is 3.58. The third-order valence-electron chi connectivity index (χ3n) is 1.53. The van der Waals surface area contributed by atoms with Crippen LogP contribution in [0.3, 0.4) is 0 Å². The van der Waals surface area contributed by atoms with Crippen molar-refractivity contribution in [2.75, 3.05) is 7.11 Å². The topological polar surface area (TPSA) is 39.2 Å². The number of rotatable bonds is 2. The molecule has 0 spiro atoms. The lowest BCUT2D eigenvalue weighted by Crippen LogP contribution is -2.10. The molecule has 1 aromatic rings. The highest BCUT2D eigenvalue weighted by molar-refractivity contribution is 5.90. The van der Waals surface area contributed by atoms with Gasteiger partial charge in [0, 0.05) is 6.20 Å². The number of ether oxygens (including phenoxy) is 1. The quantitative estimate of drug-likeness (QED) is 0.692. The van der Waals surface area contributed by atoms with E-state index in [4.69, 9.17) is 0 Å². The van der Waals surface area contributed by atoms with E-state index in [0.717, 1.165) is 19.4 Å². The molecule has 0 radical (unpaired) electrons. The second kappa shape index (κ2) is 4.08. The van der Waals surface area contributed by atoms with Crippen LogP contribution in [0, 0.1) is 5.82 Å². The minimum Gasteiger partial charge on any atom is -0.465 e. The van der Waals surface area contributed by atoms with Crippen LogP contribution in [-0.2, 0) is 4.74 Å². The molecule has 0 aliphatic carbocycles. The second-order valence-corrected chi connectivity index (χ2v) is 2.35. The van der Waals surface area contributed by atoms with E-state index >= 15 is 0 Å². The highest BCUT2D eigenvalue weighted by Gasteiger charge is 2.24. The number of carbonyl (C=O) groups excluding carboxylic acids is 1. The Morgan fingerprint density at radius 3 is 2.71 bits per heavy atom. The van der Waals surface area contributed by atoms with Crippen molar-refractivity contribution in [1.82, 2.24) is 4.98 Å². The molecule has 0 unspecified atom stereocenters. The van der Waals surface area contributed by atoms with Gasteiger partial charge in [-0.2, -0.15) is 0 Å². The molecule has 1 aromatic heterocycles. The lowest BCUT2D eigenvalue weighted by atomic mass is 10.2. The molecule has 0 atom stereocenters. The Bertz CT molecular complexity index is 354. The Labute approximate surface area is 77.5 Å². The smallest absolute Gasteiger partial charge is 0.342 e. The molecule has 0 bridgehead atoms. The number of aromatic nitrogens is 1. The van der Waals surface area contributed by atoms with Gasteiger partial charge in [0.05, 0.1) is 7.11 Å². The van der Waals surface area contributed by atoms with Crippen LogP contribution in [0.25, 0.3) is 0 Å². The molecular formula is C8H6F3NO2. The number of pyridine rings is 1. The maximum atomic E-state index is 13.0. The van der Waals surface area contributed by atoms with Crippen molar-refractivity contribution in [3.63, 3.8) is 0 Å². The fraction of sp³-hybridized carbons (Fsp3) is 0.250. The van der Waals surface area contributed by atoms with Gasteiger partial charge in [0.25, 0.3) is 6.43 Å². The van der Waals surface area contributed by atoms with Crippen LogP contribution in [0.5, 0.6) is 0 Å². The van der Waals surface area contributed by atoms with Gasteiger partial charge < -0.3 is 4.74 Å². The zero-order chi connectivity index (χ0) is 10.7. The third kappa shape index (κ3) is 1.84. The average Bonchev–Trinajstić information content (AvgIpc) is 2.16. The minimum absolute atomic E-state index is 0.815. The predicted octanol–water partition coefficient (Wildman–Crippen LogP) is 1.94. The molecule has 1 heterocycles. The van der Waals surface area contributed by atoms with Crippen LogP contribution >= 0.6 is 0 Å². The maximum absolute atomic E-state index is 13.0. The SMILES string of the molecule is COC(=O)c1c(F)ccnc1C(F)F. The van der Waals surface area contributed by atoms with Crippen molar-refractivity contribution >= 4 is 5.97 Å².